The van der Waals surface area contributed by atoms with Gasteiger partial charge in [-0.1, -0.05) is 0 Å². The number of sulfone groups is 1. The second kappa shape index (κ2) is 4.65. The van der Waals surface area contributed by atoms with E-state index in [9.17, 15) is 13.2 Å². The molecule has 6 nitrogen and oxygen atoms in total. The summed E-state index contributed by atoms with van der Waals surface area (Å²) in [7, 11) is -1.33. The Morgan fingerprint density at radius 1 is 1.56 bits per heavy atom. The normalized spacial score (nSPS) is 11.4. The first-order valence-electron chi connectivity index (χ1n) is 4.76. The molecule has 90 valence electrons. The molecule has 0 saturated heterocycles. The Balaban J connectivity index is 2.56. The first-order valence-corrected chi connectivity index (χ1v) is 6.82. The van der Waals surface area contributed by atoms with E-state index < -0.39 is 9.84 Å². The van der Waals surface area contributed by atoms with Gasteiger partial charge in [-0.15, -0.1) is 0 Å². The minimum absolute atomic E-state index is 0.0346. The van der Waals surface area contributed by atoms with Gasteiger partial charge >= 0.3 is 0 Å². The van der Waals surface area contributed by atoms with Gasteiger partial charge in [-0.05, 0) is 6.92 Å². The molecule has 1 heterocycles. The minimum atomic E-state index is -3.10. The maximum Gasteiger partial charge on any atom is 0.225 e. The molecule has 0 saturated carbocycles. The number of carbonyl (C=O) groups excluding carboxylic acids is 1. The van der Waals surface area contributed by atoms with Crippen LogP contribution in [0, 0.1) is 6.92 Å². The molecule has 1 N–H and O–H groups in total. The fraction of sp³-hybridized carbons (Fsp3) is 0.556. The molecule has 1 aromatic rings. The summed E-state index contributed by atoms with van der Waals surface area (Å²) in [5.41, 5.74) is 1.44. The first kappa shape index (κ1) is 12.7. The number of aryl methyl sites for hydroxylation is 1. The number of nitrogens with one attached hydrogen (secondary N) is 1. The molecule has 0 aliphatic rings. The first-order chi connectivity index (χ1) is 7.29. The van der Waals surface area contributed by atoms with Gasteiger partial charge in [-0.2, -0.15) is 5.10 Å². The predicted molar refractivity (Wildman–Crippen MR) is 60.9 cm³/mol. The lowest BCUT2D eigenvalue weighted by atomic mass is 10.3. The Morgan fingerprint density at radius 2 is 2.19 bits per heavy atom. The summed E-state index contributed by atoms with van der Waals surface area (Å²) in [5.74, 6) is -0.459. The maximum absolute atomic E-state index is 11.4. The Morgan fingerprint density at radius 3 is 2.62 bits per heavy atom. The van der Waals surface area contributed by atoms with Crippen LogP contribution in [0.2, 0.25) is 0 Å². The van der Waals surface area contributed by atoms with E-state index in [-0.39, 0.29) is 18.1 Å². The highest BCUT2D eigenvalue weighted by molar-refractivity contribution is 7.90. The van der Waals surface area contributed by atoms with E-state index in [1.54, 1.807) is 11.7 Å². The van der Waals surface area contributed by atoms with Crippen molar-refractivity contribution in [2.45, 2.75) is 13.3 Å². The maximum atomic E-state index is 11.4. The lowest BCUT2D eigenvalue weighted by molar-refractivity contribution is -0.115. The predicted octanol–water partition coefficient (Wildman–Crippen LogP) is 0.102. The molecule has 0 aliphatic carbocycles. The summed E-state index contributed by atoms with van der Waals surface area (Å²) in [6.45, 7) is 1.82. The van der Waals surface area contributed by atoms with Gasteiger partial charge in [0.2, 0.25) is 5.91 Å². The molecule has 0 aliphatic heterocycles. The van der Waals surface area contributed by atoms with E-state index in [2.05, 4.69) is 10.4 Å². The van der Waals surface area contributed by atoms with Crippen LogP contribution in [-0.4, -0.2) is 36.1 Å². The molecule has 0 atom stereocenters. The average molecular weight is 245 g/mol. The lowest BCUT2D eigenvalue weighted by Gasteiger charge is -2.03. The van der Waals surface area contributed by atoms with E-state index in [1.165, 1.54) is 6.20 Å². The molecule has 0 spiro atoms. The van der Waals surface area contributed by atoms with Gasteiger partial charge in [-0.3, -0.25) is 9.48 Å². The standard InChI is InChI=1S/C9H15N3O3S/c1-7-8(6-10-12(7)2)11-9(13)4-5-16(3,14)15/h6H,4-5H2,1-3H3,(H,11,13). The molecule has 0 unspecified atom stereocenters. The number of carbonyl (C=O) groups is 1. The largest absolute Gasteiger partial charge is 0.323 e. The van der Waals surface area contributed by atoms with Gasteiger partial charge in [-0.25, -0.2) is 8.42 Å². The van der Waals surface area contributed by atoms with Crippen molar-refractivity contribution in [2.24, 2.45) is 7.05 Å². The number of aromatic nitrogens is 2. The van der Waals surface area contributed by atoms with Crippen LogP contribution < -0.4 is 5.32 Å². The van der Waals surface area contributed by atoms with Crippen LogP contribution in [0.4, 0.5) is 5.69 Å². The molecule has 0 bridgehead atoms. The minimum Gasteiger partial charge on any atom is -0.323 e. The lowest BCUT2D eigenvalue weighted by Crippen LogP contribution is -2.16. The van der Waals surface area contributed by atoms with Crippen molar-refractivity contribution in [3.8, 4) is 0 Å². The Hall–Kier alpha value is -1.37. The van der Waals surface area contributed by atoms with Gasteiger partial charge in [0, 0.05) is 19.7 Å². The number of amides is 1. The van der Waals surface area contributed by atoms with Gasteiger partial charge in [0.15, 0.2) is 0 Å². The number of hydrogen-bond acceptors (Lipinski definition) is 4. The highest BCUT2D eigenvalue weighted by Gasteiger charge is 2.10. The van der Waals surface area contributed by atoms with Crippen LogP contribution in [0.5, 0.6) is 0 Å². The number of nitrogens with zero attached hydrogens (tertiary/aromatic N) is 2. The highest BCUT2D eigenvalue weighted by atomic mass is 32.2. The molecule has 0 radical (unpaired) electrons. The number of hydrogen-bond donors (Lipinski definition) is 1. The van der Waals surface area contributed by atoms with Gasteiger partial charge in [0.05, 0.1) is 23.3 Å². The second-order valence-electron chi connectivity index (χ2n) is 3.70. The van der Waals surface area contributed by atoms with Gasteiger partial charge < -0.3 is 5.32 Å². The third-order valence-corrected chi connectivity index (χ3v) is 3.15. The van der Waals surface area contributed by atoms with Crippen molar-refractivity contribution >= 4 is 21.4 Å². The molecular formula is C9H15N3O3S. The molecule has 7 heteroatoms. The third-order valence-electron chi connectivity index (χ3n) is 2.21. The van der Waals surface area contributed by atoms with Crippen molar-refractivity contribution in [2.75, 3.05) is 17.3 Å². The molecule has 16 heavy (non-hydrogen) atoms. The zero-order chi connectivity index (χ0) is 12.3. The van der Waals surface area contributed by atoms with Crippen LogP contribution in [0.15, 0.2) is 6.20 Å². The zero-order valence-corrected chi connectivity index (χ0v) is 10.3. The average Bonchev–Trinajstić information content (AvgIpc) is 2.46. The molecule has 0 aromatic carbocycles. The van der Waals surface area contributed by atoms with E-state index in [0.29, 0.717) is 5.69 Å². The SMILES string of the molecule is Cc1c(NC(=O)CCS(C)(=O)=O)cnn1C. The van der Waals surface area contributed by atoms with Crippen molar-refractivity contribution in [3.63, 3.8) is 0 Å². The second-order valence-corrected chi connectivity index (χ2v) is 5.96. The topological polar surface area (TPSA) is 81.1 Å². The monoisotopic (exact) mass is 245 g/mol. The van der Waals surface area contributed by atoms with E-state index >= 15 is 0 Å². The van der Waals surface area contributed by atoms with E-state index in [1.807, 2.05) is 6.92 Å². The molecule has 1 rings (SSSR count). The van der Waals surface area contributed by atoms with Crippen LogP contribution in [-0.2, 0) is 21.7 Å². The fourth-order valence-electron chi connectivity index (χ4n) is 1.11. The Bertz CT molecular complexity index is 490. The molecule has 0 fully saturated rings. The quantitative estimate of drug-likeness (QED) is 0.816. The summed E-state index contributed by atoms with van der Waals surface area (Å²) in [6.07, 6.45) is 2.61. The number of anilines is 1. The van der Waals surface area contributed by atoms with Crippen LogP contribution in [0.1, 0.15) is 12.1 Å². The van der Waals surface area contributed by atoms with E-state index in [4.69, 9.17) is 0 Å². The highest BCUT2D eigenvalue weighted by Crippen LogP contribution is 2.12. The summed E-state index contributed by atoms with van der Waals surface area (Å²) >= 11 is 0. The molecule has 1 amide bonds. The van der Waals surface area contributed by atoms with Crippen LogP contribution in [0.25, 0.3) is 0 Å². The smallest absolute Gasteiger partial charge is 0.225 e. The van der Waals surface area contributed by atoms with Gasteiger partial charge in [0.25, 0.3) is 0 Å². The van der Waals surface area contributed by atoms with Gasteiger partial charge in [0.1, 0.15) is 9.84 Å². The summed E-state index contributed by atoms with van der Waals surface area (Å²) in [4.78, 5) is 11.4. The van der Waals surface area contributed by atoms with Crippen LogP contribution in [0.3, 0.4) is 0 Å². The van der Waals surface area contributed by atoms with Crippen LogP contribution >= 0.6 is 0 Å². The number of rotatable bonds is 4. The Kier molecular flexibility index (Phi) is 3.69. The summed E-state index contributed by atoms with van der Waals surface area (Å²) in [6, 6.07) is 0. The fourth-order valence-corrected chi connectivity index (χ4v) is 1.67. The Labute approximate surface area is 94.6 Å². The zero-order valence-electron chi connectivity index (χ0n) is 9.52. The summed E-state index contributed by atoms with van der Waals surface area (Å²) < 4.78 is 23.4. The van der Waals surface area contributed by atoms with Crippen molar-refractivity contribution in [1.82, 2.24) is 9.78 Å². The van der Waals surface area contributed by atoms with Crippen molar-refractivity contribution in [3.05, 3.63) is 11.9 Å². The molecule has 1 aromatic heterocycles. The van der Waals surface area contributed by atoms with E-state index in [0.717, 1.165) is 11.9 Å². The molecular weight excluding hydrogens is 230 g/mol. The summed E-state index contributed by atoms with van der Waals surface area (Å²) in [5, 5.41) is 6.58. The van der Waals surface area contributed by atoms with Crippen molar-refractivity contribution < 1.29 is 13.2 Å². The van der Waals surface area contributed by atoms with Crippen molar-refractivity contribution in [1.29, 1.82) is 0 Å². The third kappa shape index (κ3) is 3.65.